The fraction of sp³-hybridized carbons (Fsp3) is 0.400. The van der Waals surface area contributed by atoms with Crippen molar-refractivity contribution >= 4 is 7.41 Å². The summed E-state index contributed by atoms with van der Waals surface area (Å²) in [6.45, 7) is 3.27. The zero-order valence-corrected chi connectivity index (χ0v) is 13.8. The molecule has 2 N–H and O–H groups in total. The van der Waals surface area contributed by atoms with Gasteiger partial charge in [0, 0.05) is 18.6 Å². The molecule has 117 valence electrons. The monoisotopic (exact) mass is 303 g/mol. The molecular weight excluding hydrogens is 279 g/mol. The van der Waals surface area contributed by atoms with Crippen LogP contribution in [0.2, 0.25) is 6.82 Å². The van der Waals surface area contributed by atoms with E-state index in [1.165, 1.54) is 36.1 Å². The summed E-state index contributed by atoms with van der Waals surface area (Å²) in [6, 6.07) is 20.8. The predicted molar refractivity (Wildman–Crippen MR) is 97.6 cm³/mol. The van der Waals surface area contributed by atoms with Crippen molar-refractivity contribution in [2.24, 2.45) is 5.41 Å². The van der Waals surface area contributed by atoms with Crippen molar-refractivity contribution in [2.45, 2.75) is 38.2 Å². The zero-order valence-electron chi connectivity index (χ0n) is 13.8. The van der Waals surface area contributed by atoms with Crippen LogP contribution in [0.25, 0.3) is 11.1 Å². The lowest BCUT2D eigenvalue weighted by Gasteiger charge is -2.25. The quantitative estimate of drug-likeness (QED) is 0.828. The molecule has 2 nitrogen and oxygen atoms in total. The zero-order chi connectivity index (χ0) is 15.7. The Morgan fingerprint density at radius 2 is 1.87 bits per heavy atom. The van der Waals surface area contributed by atoms with Crippen molar-refractivity contribution in [3.8, 4) is 11.1 Å². The van der Waals surface area contributed by atoms with Gasteiger partial charge in [-0.05, 0) is 41.4 Å². The van der Waals surface area contributed by atoms with Crippen LogP contribution in [0.4, 0.5) is 0 Å². The van der Waals surface area contributed by atoms with Crippen LogP contribution in [-0.2, 0) is 6.42 Å². The average Bonchev–Trinajstić information content (AvgIpc) is 3.31. The van der Waals surface area contributed by atoms with Crippen LogP contribution in [0.5, 0.6) is 0 Å². The van der Waals surface area contributed by atoms with Gasteiger partial charge in [-0.1, -0.05) is 61.4 Å². The molecule has 1 saturated heterocycles. The Morgan fingerprint density at radius 1 is 1.09 bits per heavy atom. The van der Waals surface area contributed by atoms with Crippen molar-refractivity contribution in [1.29, 1.82) is 0 Å². The highest BCUT2D eigenvalue weighted by Crippen LogP contribution is 2.52. The molecule has 0 amide bonds. The van der Waals surface area contributed by atoms with Crippen LogP contribution >= 0.6 is 0 Å². The molecular formula is C20H24BN2. The van der Waals surface area contributed by atoms with E-state index < -0.39 is 0 Å². The molecule has 1 aliphatic heterocycles. The first-order valence-electron chi connectivity index (χ1n) is 8.72. The highest BCUT2D eigenvalue weighted by molar-refractivity contribution is 6.30. The van der Waals surface area contributed by atoms with Gasteiger partial charge in [0.1, 0.15) is 0 Å². The van der Waals surface area contributed by atoms with Gasteiger partial charge in [-0.25, -0.2) is 0 Å². The maximum atomic E-state index is 3.77. The Morgan fingerprint density at radius 3 is 2.61 bits per heavy atom. The summed E-state index contributed by atoms with van der Waals surface area (Å²) in [7, 11) is 2.12. The molecule has 2 aromatic rings. The molecule has 1 heterocycles. The lowest BCUT2D eigenvalue weighted by atomic mass is 9.86. The summed E-state index contributed by atoms with van der Waals surface area (Å²) in [5, 5.41) is 7.40. The first-order chi connectivity index (χ1) is 11.3. The van der Waals surface area contributed by atoms with Gasteiger partial charge in [-0.15, -0.1) is 0 Å². The summed E-state index contributed by atoms with van der Waals surface area (Å²) in [5.74, 6) is 0. The van der Waals surface area contributed by atoms with Gasteiger partial charge in [-0.3, -0.25) is 0 Å². The lowest BCUT2D eigenvalue weighted by Crippen LogP contribution is -2.46. The minimum Gasteiger partial charge on any atom is -0.356 e. The second kappa shape index (κ2) is 6.14. The van der Waals surface area contributed by atoms with Crippen LogP contribution in [0, 0.1) is 5.41 Å². The maximum absolute atomic E-state index is 3.77. The van der Waals surface area contributed by atoms with Crippen LogP contribution in [0.1, 0.15) is 18.4 Å². The Kier molecular flexibility index (Phi) is 4.00. The first-order valence-corrected chi connectivity index (χ1v) is 8.72. The molecule has 4 rings (SSSR count). The number of rotatable bonds is 5. The topological polar surface area (TPSA) is 24.1 Å². The highest BCUT2D eigenvalue weighted by Gasteiger charge is 2.55. The molecule has 1 spiro atoms. The molecule has 0 aromatic heterocycles. The summed E-state index contributed by atoms with van der Waals surface area (Å²) >= 11 is 0. The van der Waals surface area contributed by atoms with Crippen LogP contribution in [-0.4, -0.2) is 26.0 Å². The van der Waals surface area contributed by atoms with E-state index in [2.05, 4.69) is 79.4 Å². The van der Waals surface area contributed by atoms with E-state index in [0.717, 1.165) is 6.42 Å². The number of hydrogen-bond donors (Lipinski definition) is 2. The third-order valence-corrected chi connectivity index (χ3v) is 5.51. The Labute approximate surface area is 140 Å². The standard InChI is InChI=1S/C20H24BN2/c1-21-23-19-18(22-14-20(19)10-11-20)13-15-6-5-9-17(12-15)16-7-3-2-4-8-16/h2-9,12,18-19,22-23H,10-11,13-14H2,1H3. The second-order valence-corrected chi connectivity index (χ2v) is 7.05. The molecule has 2 fully saturated rings. The fourth-order valence-corrected chi connectivity index (χ4v) is 4.06. The van der Waals surface area contributed by atoms with E-state index in [4.69, 9.17) is 0 Å². The van der Waals surface area contributed by atoms with E-state index in [9.17, 15) is 0 Å². The van der Waals surface area contributed by atoms with E-state index >= 15 is 0 Å². The van der Waals surface area contributed by atoms with Gasteiger partial charge in [0.25, 0.3) is 0 Å². The molecule has 2 aromatic carbocycles. The van der Waals surface area contributed by atoms with Crippen LogP contribution in [0.3, 0.4) is 0 Å². The van der Waals surface area contributed by atoms with Gasteiger partial charge >= 0.3 is 0 Å². The molecule has 0 bridgehead atoms. The van der Waals surface area contributed by atoms with Crippen molar-refractivity contribution in [3.05, 3.63) is 60.2 Å². The molecule has 2 atom stereocenters. The Hall–Kier alpha value is -1.58. The Balaban J connectivity index is 1.53. The molecule has 1 aliphatic carbocycles. The van der Waals surface area contributed by atoms with Gasteiger partial charge in [0.05, 0.1) is 0 Å². The van der Waals surface area contributed by atoms with Crippen LogP contribution < -0.4 is 10.5 Å². The summed E-state index contributed by atoms with van der Waals surface area (Å²) in [4.78, 5) is 0. The van der Waals surface area contributed by atoms with E-state index in [-0.39, 0.29) is 0 Å². The van der Waals surface area contributed by atoms with Gasteiger partial charge in [0.2, 0.25) is 7.41 Å². The van der Waals surface area contributed by atoms with E-state index in [0.29, 0.717) is 17.5 Å². The van der Waals surface area contributed by atoms with Gasteiger partial charge in [-0.2, -0.15) is 0 Å². The van der Waals surface area contributed by atoms with Crippen molar-refractivity contribution in [1.82, 2.24) is 10.5 Å². The highest BCUT2D eigenvalue weighted by atomic mass is 15.1. The smallest absolute Gasteiger partial charge is 0.202 e. The minimum atomic E-state index is 0.522. The lowest BCUT2D eigenvalue weighted by molar-refractivity contribution is 0.417. The SMILES string of the molecule is C[B]NC1C(Cc2cccc(-c3ccccc3)c2)NCC12CC2. The van der Waals surface area contributed by atoms with Crippen molar-refractivity contribution in [3.63, 3.8) is 0 Å². The number of hydrogen-bond acceptors (Lipinski definition) is 2. The number of nitrogens with one attached hydrogen (secondary N) is 2. The Bertz CT molecular complexity index is 666. The van der Waals surface area contributed by atoms with Crippen molar-refractivity contribution in [2.75, 3.05) is 6.54 Å². The summed E-state index contributed by atoms with van der Waals surface area (Å²) in [6.07, 6.45) is 3.83. The van der Waals surface area contributed by atoms with Crippen LogP contribution in [0.15, 0.2) is 54.6 Å². The third-order valence-electron chi connectivity index (χ3n) is 5.51. The maximum Gasteiger partial charge on any atom is 0.202 e. The fourth-order valence-electron chi connectivity index (χ4n) is 4.06. The molecule has 2 aliphatic rings. The van der Waals surface area contributed by atoms with Gasteiger partial charge in [0.15, 0.2) is 0 Å². The summed E-state index contributed by atoms with van der Waals surface area (Å²) in [5.41, 5.74) is 4.55. The largest absolute Gasteiger partial charge is 0.356 e. The third kappa shape index (κ3) is 2.96. The molecule has 2 unspecified atom stereocenters. The van der Waals surface area contributed by atoms with E-state index in [1.807, 2.05) is 0 Å². The van der Waals surface area contributed by atoms with Crippen molar-refractivity contribution < 1.29 is 0 Å². The number of benzene rings is 2. The normalized spacial score (nSPS) is 24.7. The van der Waals surface area contributed by atoms with Gasteiger partial charge < -0.3 is 10.5 Å². The van der Waals surface area contributed by atoms with E-state index in [1.54, 1.807) is 0 Å². The first kappa shape index (κ1) is 15.0. The molecule has 23 heavy (non-hydrogen) atoms. The molecule has 1 radical (unpaired) electrons. The minimum absolute atomic E-state index is 0.522. The summed E-state index contributed by atoms with van der Waals surface area (Å²) < 4.78 is 0. The second-order valence-electron chi connectivity index (χ2n) is 7.05. The molecule has 1 saturated carbocycles. The average molecular weight is 303 g/mol. The molecule has 3 heteroatoms. The predicted octanol–water partition coefficient (Wildman–Crippen LogP) is 3.27.